The van der Waals surface area contributed by atoms with Crippen LogP contribution in [-0.2, 0) is 22.4 Å². The Morgan fingerprint density at radius 1 is 1.22 bits per heavy atom. The summed E-state index contributed by atoms with van der Waals surface area (Å²) in [5, 5.41) is 12.4. The molecule has 1 aromatic rings. The maximum Gasteiger partial charge on any atom is 0.223 e. The Morgan fingerprint density at radius 2 is 1.96 bits per heavy atom. The number of carbonyl (C=O) groups is 2. The van der Waals surface area contributed by atoms with Crippen LogP contribution in [-0.4, -0.2) is 58.1 Å². The molecule has 2 N–H and O–H groups in total. The largest absolute Gasteiger partial charge is 0.395 e. The lowest BCUT2D eigenvalue weighted by molar-refractivity contribution is -0.137. The van der Waals surface area contributed by atoms with Gasteiger partial charge in [-0.3, -0.25) is 9.59 Å². The Kier molecular flexibility index (Phi) is 5.85. The van der Waals surface area contributed by atoms with Gasteiger partial charge in [0.25, 0.3) is 0 Å². The molecular formula is C21H28N2O3S. The normalized spacial score (nSPS) is 27.9. The first-order valence-corrected chi connectivity index (χ1v) is 11.1. The predicted octanol–water partition coefficient (Wildman–Crippen LogP) is 1.77. The van der Waals surface area contributed by atoms with Crippen molar-refractivity contribution in [1.29, 1.82) is 0 Å². The van der Waals surface area contributed by atoms with Crippen LogP contribution < -0.4 is 5.32 Å². The van der Waals surface area contributed by atoms with Crippen molar-refractivity contribution < 1.29 is 14.7 Å². The Labute approximate surface area is 164 Å². The quantitative estimate of drug-likeness (QED) is 0.777. The molecule has 1 aromatic carbocycles. The molecule has 2 saturated heterocycles. The van der Waals surface area contributed by atoms with E-state index in [0.717, 1.165) is 32.1 Å². The van der Waals surface area contributed by atoms with Gasteiger partial charge in [0, 0.05) is 24.9 Å². The Hall–Kier alpha value is -1.37. The van der Waals surface area contributed by atoms with Gasteiger partial charge in [0.05, 0.1) is 17.9 Å². The zero-order valence-corrected chi connectivity index (χ0v) is 16.4. The van der Waals surface area contributed by atoms with Crippen molar-refractivity contribution in [3.05, 3.63) is 35.4 Å². The summed E-state index contributed by atoms with van der Waals surface area (Å²) >= 11 is 1.55. The Morgan fingerprint density at radius 3 is 2.67 bits per heavy atom. The zero-order valence-electron chi connectivity index (χ0n) is 15.6. The lowest BCUT2D eigenvalue weighted by atomic mass is 9.98. The first kappa shape index (κ1) is 19.0. The summed E-state index contributed by atoms with van der Waals surface area (Å²) in [5.74, 6) is 1.46. The second kappa shape index (κ2) is 8.33. The van der Waals surface area contributed by atoms with Crippen LogP contribution in [0.3, 0.4) is 0 Å². The van der Waals surface area contributed by atoms with Gasteiger partial charge in [-0.1, -0.05) is 24.3 Å². The smallest absolute Gasteiger partial charge is 0.223 e. The van der Waals surface area contributed by atoms with Crippen LogP contribution in [0.25, 0.3) is 0 Å². The van der Waals surface area contributed by atoms with Crippen molar-refractivity contribution in [2.75, 3.05) is 19.0 Å². The fourth-order valence-electron chi connectivity index (χ4n) is 4.78. The minimum atomic E-state index is -0.301. The minimum Gasteiger partial charge on any atom is -0.395 e. The summed E-state index contributed by atoms with van der Waals surface area (Å²) in [7, 11) is 0. The molecule has 0 spiro atoms. The third-order valence-corrected chi connectivity index (χ3v) is 7.51. The Balaban J connectivity index is 1.32. The molecule has 27 heavy (non-hydrogen) atoms. The number of thioether (sulfide) groups is 1. The van der Waals surface area contributed by atoms with Gasteiger partial charge in [-0.25, -0.2) is 0 Å². The summed E-state index contributed by atoms with van der Waals surface area (Å²) in [6.07, 6.45) is 5.20. The van der Waals surface area contributed by atoms with Crippen molar-refractivity contribution >= 4 is 23.5 Å². The molecule has 146 valence electrons. The summed E-state index contributed by atoms with van der Waals surface area (Å²) in [5.41, 5.74) is 2.84. The molecule has 3 atom stereocenters. The molecule has 0 saturated carbocycles. The number of rotatable bonds is 6. The number of carbonyl (C=O) groups excluding carboxylic acids is 2. The lowest BCUT2D eigenvalue weighted by Crippen LogP contribution is -2.48. The second-order valence-corrected chi connectivity index (χ2v) is 9.08. The van der Waals surface area contributed by atoms with E-state index < -0.39 is 0 Å². The molecule has 2 heterocycles. The second-order valence-electron chi connectivity index (χ2n) is 7.95. The fourth-order valence-corrected chi connectivity index (χ4v) is 6.01. The fraction of sp³-hybridized carbons (Fsp3) is 0.619. The average molecular weight is 389 g/mol. The molecule has 1 unspecified atom stereocenters. The molecule has 1 amide bonds. The maximum absolute atomic E-state index is 13.0. The van der Waals surface area contributed by atoms with Crippen LogP contribution >= 0.6 is 11.8 Å². The molecule has 5 nitrogen and oxygen atoms in total. The van der Waals surface area contributed by atoms with Crippen molar-refractivity contribution in [2.24, 2.45) is 5.92 Å². The summed E-state index contributed by atoms with van der Waals surface area (Å²) in [6.45, 7) is 0.654. The number of hydrogen-bond donors (Lipinski definition) is 2. The van der Waals surface area contributed by atoms with E-state index >= 15 is 0 Å². The lowest BCUT2D eigenvalue weighted by Gasteiger charge is -2.27. The predicted molar refractivity (Wildman–Crippen MR) is 107 cm³/mol. The van der Waals surface area contributed by atoms with Crippen LogP contribution in [0.4, 0.5) is 0 Å². The number of Topliss-reactive ketones (excluding diaryl/α,β-unsaturated/α-hetero) is 1. The minimum absolute atomic E-state index is 0.0354. The first-order chi connectivity index (χ1) is 13.2. The Bertz CT molecular complexity index is 685. The molecule has 0 bridgehead atoms. The van der Waals surface area contributed by atoms with Gasteiger partial charge in [-0.2, -0.15) is 0 Å². The van der Waals surface area contributed by atoms with Crippen molar-refractivity contribution in [3.8, 4) is 0 Å². The van der Waals surface area contributed by atoms with Gasteiger partial charge in [0.1, 0.15) is 0 Å². The SMILES string of the molecule is O=C(C1SCN[C@@H]1CO)[C@@H]1CCCN1C(=O)CCC1Cc2ccccc2C1. The van der Waals surface area contributed by atoms with Crippen molar-refractivity contribution in [3.63, 3.8) is 0 Å². The number of nitrogens with zero attached hydrogens (tertiary/aromatic N) is 1. The first-order valence-electron chi connectivity index (χ1n) is 10.0. The molecule has 1 aliphatic carbocycles. The van der Waals surface area contributed by atoms with Gasteiger partial charge >= 0.3 is 0 Å². The van der Waals surface area contributed by atoms with E-state index in [1.165, 1.54) is 11.1 Å². The number of fused-ring (bicyclic) bond motifs is 1. The highest BCUT2D eigenvalue weighted by atomic mass is 32.2. The van der Waals surface area contributed by atoms with Gasteiger partial charge in [-0.05, 0) is 49.1 Å². The summed E-state index contributed by atoms with van der Waals surface area (Å²) in [6, 6.07) is 8.07. The van der Waals surface area contributed by atoms with Crippen molar-refractivity contribution in [1.82, 2.24) is 10.2 Å². The van der Waals surface area contributed by atoms with Crippen molar-refractivity contribution in [2.45, 2.75) is 55.9 Å². The molecule has 3 aliphatic rings. The van der Waals surface area contributed by atoms with Gasteiger partial charge in [0.2, 0.25) is 5.91 Å². The number of benzene rings is 1. The summed E-state index contributed by atoms with van der Waals surface area (Å²) < 4.78 is 0. The molecule has 0 aromatic heterocycles. The molecule has 2 aliphatic heterocycles. The van der Waals surface area contributed by atoms with E-state index in [2.05, 4.69) is 29.6 Å². The van der Waals surface area contributed by atoms with E-state index in [0.29, 0.717) is 24.8 Å². The van der Waals surface area contributed by atoms with Crippen LogP contribution in [0.15, 0.2) is 24.3 Å². The number of hydrogen-bond acceptors (Lipinski definition) is 5. The highest BCUT2D eigenvalue weighted by molar-refractivity contribution is 8.00. The number of amides is 1. The standard InChI is InChI=1S/C21H28N2O3S/c24-12-17-21(27-13-22-17)20(26)18-6-3-9-23(18)19(25)8-7-14-10-15-4-1-2-5-16(15)11-14/h1-2,4-5,14,17-18,21-22,24H,3,6-13H2/t17-,18+,21?/m1/s1. The molecular weight excluding hydrogens is 360 g/mol. The highest BCUT2D eigenvalue weighted by Crippen LogP contribution is 2.31. The summed E-state index contributed by atoms with van der Waals surface area (Å²) in [4.78, 5) is 27.7. The van der Waals surface area contributed by atoms with Gasteiger partial charge in [-0.15, -0.1) is 11.8 Å². The number of nitrogens with one attached hydrogen (secondary N) is 1. The van der Waals surface area contributed by atoms with Gasteiger partial charge in [0.15, 0.2) is 5.78 Å². The highest BCUT2D eigenvalue weighted by Gasteiger charge is 2.42. The number of ketones is 1. The number of aliphatic hydroxyl groups is 1. The third kappa shape index (κ3) is 3.93. The molecule has 4 rings (SSSR count). The van der Waals surface area contributed by atoms with Crippen LogP contribution in [0.1, 0.15) is 36.8 Å². The van der Waals surface area contributed by atoms with E-state index in [9.17, 15) is 14.7 Å². The molecule has 0 radical (unpaired) electrons. The molecule has 2 fully saturated rings. The van der Waals surface area contributed by atoms with E-state index in [1.807, 2.05) is 4.90 Å². The third-order valence-electron chi connectivity index (χ3n) is 6.25. The average Bonchev–Trinajstić information content (AvgIpc) is 3.43. The van der Waals surface area contributed by atoms with E-state index in [1.54, 1.807) is 11.8 Å². The van der Waals surface area contributed by atoms with Gasteiger partial charge < -0.3 is 15.3 Å². The number of aliphatic hydroxyl groups excluding tert-OH is 1. The zero-order chi connectivity index (χ0) is 18.8. The topological polar surface area (TPSA) is 69.6 Å². The van der Waals surface area contributed by atoms with Crippen LogP contribution in [0.2, 0.25) is 0 Å². The maximum atomic E-state index is 13.0. The van der Waals surface area contributed by atoms with E-state index in [4.69, 9.17) is 0 Å². The van der Waals surface area contributed by atoms with Crippen LogP contribution in [0, 0.1) is 5.92 Å². The van der Waals surface area contributed by atoms with E-state index in [-0.39, 0.29) is 35.6 Å². The van der Waals surface area contributed by atoms with Crippen LogP contribution in [0.5, 0.6) is 0 Å². The monoisotopic (exact) mass is 388 g/mol. The number of likely N-dealkylation sites (tertiary alicyclic amines) is 1. The molecule has 6 heteroatoms.